The Bertz CT molecular complexity index is 709. The third-order valence-corrected chi connectivity index (χ3v) is 4.56. The molecule has 3 N–H and O–H groups in total. The molecule has 0 unspecified atom stereocenters. The van der Waals surface area contributed by atoms with Gasteiger partial charge in [0.1, 0.15) is 22.3 Å². The van der Waals surface area contributed by atoms with Gasteiger partial charge >= 0.3 is 0 Å². The zero-order valence-electron chi connectivity index (χ0n) is 13.1. The number of primary amides is 1. The number of nitrogens with one attached hydrogen (secondary N) is 1. The van der Waals surface area contributed by atoms with E-state index in [1.54, 1.807) is 0 Å². The van der Waals surface area contributed by atoms with Gasteiger partial charge in [0, 0.05) is 32.2 Å². The highest BCUT2D eigenvalue weighted by molar-refractivity contribution is 7.17. The number of aryl methyl sites for hydroxylation is 1. The monoisotopic (exact) mass is 333 g/mol. The van der Waals surface area contributed by atoms with Crippen LogP contribution in [0, 0.1) is 6.92 Å². The SMILES string of the molecule is Cc1nc(Nc2ncc(C(N)=O)s2)cc(N2CCN(C)CC2)n1. The molecule has 1 amide bonds. The highest BCUT2D eigenvalue weighted by Crippen LogP contribution is 2.24. The molecule has 0 aliphatic carbocycles. The highest BCUT2D eigenvalue weighted by Gasteiger charge is 2.17. The van der Waals surface area contributed by atoms with E-state index in [-0.39, 0.29) is 0 Å². The summed E-state index contributed by atoms with van der Waals surface area (Å²) in [6, 6.07) is 1.91. The number of anilines is 3. The van der Waals surface area contributed by atoms with E-state index in [1.807, 2.05) is 13.0 Å². The maximum atomic E-state index is 11.1. The molecule has 0 saturated carbocycles. The van der Waals surface area contributed by atoms with E-state index < -0.39 is 5.91 Å². The molecule has 9 heteroatoms. The molecule has 1 aliphatic rings. The summed E-state index contributed by atoms with van der Waals surface area (Å²) in [4.78, 5) is 29.1. The fourth-order valence-corrected chi connectivity index (χ4v) is 3.04. The van der Waals surface area contributed by atoms with Crippen molar-refractivity contribution in [3.05, 3.63) is 23.0 Å². The molecule has 1 saturated heterocycles. The van der Waals surface area contributed by atoms with Crippen LogP contribution in [0.15, 0.2) is 12.3 Å². The summed E-state index contributed by atoms with van der Waals surface area (Å²) >= 11 is 1.21. The van der Waals surface area contributed by atoms with Gasteiger partial charge in [-0.15, -0.1) is 0 Å². The Balaban J connectivity index is 1.78. The quantitative estimate of drug-likeness (QED) is 0.855. The van der Waals surface area contributed by atoms with Crippen molar-refractivity contribution in [3.8, 4) is 0 Å². The lowest BCUT2D eigenvalue weighted by Gasteiger charge is -2.33. The minimum Gasteiger partial charge on any atom is -0.365 e. The van der Waals surface area contributed by atoms with Crippen molar-refractivity contribution < 1.29 is 4.79 Å². The van der Waals surface area contributed by atoms with Gasteiger partial charge in [-0.2, -0.15) is 0 Å². The number of carbonyl (C=O) groups is 1. The Morgan fingerprint density at radius 2 is 2.04 bits per heavy atom. The van der Waals surface area contributed by atoms with Crippen molar-refractivity contribution in [2.45, 2.75) is 6.92 Å². The molecule has 2 aromatic rings. The maximum absolute atomic E-state index is 11.1. The minimum atomic E-state index is -0.479. The van der Waals surface area contributed by atoms with Crippen molar-refractivity contribution in [2.24, 2.45) is 5.73 Å². The zero-order valence-corrected chi connectivity index (χ0v) is 13.9. The van der Waals surface area contributed by atoms with Crippen LogP contribution in [0.25, 0.3) is 0 Å². The van der Waals surface area contributed by atoms with Crippen LogP contribution in [0.1, 0.15) is 15.5 Å². The number of hydrogen-bond acceptors (Lipinski definition) is 8. The molecule has 1 aliphatic heterocycles. The summed E-state index contributed by atoms with van der Waals surface area (Å²) < 4.78 is 0. The Kier molecular flexibility index (Phi) is 4.39. The molecule has 0 atom stereocenters. The summed E-state index contributed by atoms with van der Waals surface area (Å²) in [5.41, 5.74) is 5.24. The smallest absolute Gasteiger partial charge is 0.260 e. The fraction of sp³-hybridized carbons (Fsp3) is 0.429. The van der Waals surface area contributed by atoms with Gasteiger partial charge in [0.15, 0.2) is 5.13 Å². The van der Waals surface area contributed by atoms with E-state index in [9.17, 15) is 4.79 Å². The molecule has 0 radical (unpaired) electrons. The van der Waals surface area contributed by atoms with Gasteiger partial charge in [0.2, 0.25) is 0 Å². The van der Waals surface area contributed by atoms with Crippen molar-refractivity contribution in [3.63, 3.8) is 0 Å². The lowest BCUT2D eigenvalue weighted by atomic mass is 10.3. The van der Waals surface area contributed by atoms with Gasteiger partial charge in [0.25, 0.3) is 5.91 Å². The minimum absolute atomic E-state index is 0.414. The normalized spacial score (nSPS) is 15.7. The second-order valence-electron chi connectivity index (χ2n) is 5.47. The molecule has 0 aromatic carbocycles. The standard InChI is InChI=1S/C14H19N7OS/c1-9-17-11(19-14-16-8-10(23-14)13(15)22)7-12(18-9)21-5-3-20(2)4-6-21/h7-8H,3-6H2,1-2H3,(H2,15,22)(H,16,17,18,19). The van der Waals surface area contributed by atoms with Crippen molar-refractivity contribution in [1.29, 1.82) is 0 Å². The van der Waals surface area contributed by atoms with E-state index in [1.165, 1.54) is 17.5 Å². The van der Waals surface area contributed by atoms with E-state index in [4.69, 9.17) is 5.73 Å². The van der Waals surface area contributed by atoms with Crippen LogP contribution >= 0.6 is 11.3 Å². The molecule has 3 heterocycles. The Morgan fingerprint density at radius 3 is 2.70 bits per heavy atom. The highest BCUT2D eigenvalue weighted by atomic mass is 32.1. The molecule has 23 heavy (non-hydrogen) atoms. The van der Waals surface area contributed by atoms with Gasteiger partial charge in [-0.25, -0.2) is 15.0 Å². The van der Waals surface area contributed by atoms with Crippen LogP contribution in [-0.2, 0) is 0 Å². The first-order chi connectivity index (χ1) is 11.0. The first kappa shape index (κ1) is 15.6. The summed E-state index contributed by atoms with van der Waals surface area (Å²) in [5.74, 6) is 1.78. The average molecular weight is 333 g/mol. The molecular formula is C14H19N7OS. The Morgan fingerprint density at radius 1 is 1.30 bits per heavy atom. The number of rotatable bonds is 4. The number of nitrogens with two attached hydrogens (primary N) is 1. The molecule has 8 nitrogen and oxygen atoms in total. The van der Waals surface area contributed by atoms with E-state index in [0.717, 1.165) is 32.0 Å². The number of likely N-dealkylation sites (N-methyl/N-ethyl adjacent to an activating group) is 1. The van der Waals surface area contributed by atoms with Gasteiger partial charge in [-0.1, -0.05) is 11.3 Å². The molecule has 1 fully saturated rings. The van der Waals surface area contributed by atoms with Crippen LogP contribution in [-0.4, -0.2) is 59.0 Å². The third kappa shape index (κ3) is 3.74. The predicted molar refractivity (Wildman–Crippen MR) is 90.4 cm³/mol. The number of amides is 1. The van der Waals surface area contributed by atoms with Gasteiger partial charge in [-0.05, 0) is 14.0 Å². The molecule has 0 spiro atoms. The molecular weight excluding hydrogens is 314 g/mol. The van der Waals surface area contributed by atoms with E-state index in [2.05, 4.69) is 37.1 Å². The third-order valence-electron chi connectivity index (χ3n) is 3.64. The topological polar surface area (TPSA) is 100 Å². The molecule has 2 aromatic heterocycles. The first-order valence-corrected chi connectivity index (χ1v) is 8.15. The maximum Gasteiger partial charge on any atom is 0.260 e. The van der Waals surface area contributed by atoms with Crippen molar-refractivity contribution >= 4 is 34.0 Å². The number of aromatic nitrogens is 3. The number of carbonyl (C=O) groups excluding carboxylic acids is 1. The summed E-state index contributed by atoms with van der Waals surface area (Å²) in [7, 11) is 2.12. The average Bonchev–Trinajstić information content (AvgIpc) is 2.96. The van der Waals surface area contributed by atoms with Gasteiger partial charge in [-0.3, -0.25) is 4.79 Å². The summed E-state index contributed by atoms with van der Waals surface area (Å²) in [6.45, 7) is 5.77. The number of hydrogen-bond donors (Lipinski definition) is 2. The second kappa shape index (κ2) is 6.47. The van der Waals surface area contributed by atoms with Gasteiger partial charge in [0.05, 0.1) is 6.20 Å². The Labute approximate surface area is 138 Å². The van der Waals surface area contributed by atoms with Crippen LogP contribution < -0.4 is 16.0 Å². The van der Waals surface area contributed by atoms with E-state index >= 15 is 0 Å². The van der Waals surface area contributed by atoms with Crippen LogP contribution in [0.2, 0.25) is 0 Å². The van der Waals surface area contributed by atoms with E-state index in [0.29, 0.717) is 21.7 Å². The number of piperazine rings is 1. The second-order valence-corrected chi connectivity index (χ2v) is 6.50. The van der Waals surface area contributed by atoms with Crippen molar-refractivity contribution in [2.75, 3.05) is 43.4 Å². The fourth-order valence-electron chi connectivity index (χ4n) is 2.37. The van der Waals surface area contributed by atoms with Crippen LogP contribution in [0.4, 0.5) is 16.8 Å². The van der Waals surface area contributed by atoms with Crippen molar-refractivity contribution in [1.82, 2.24) is 19.9 Å². The molecule has 0 bridgehead atoms. The molecule has 3 rings (SSSR count). The summed E-state index contributed by atoms with van der Waals surface area (Å²) in [6.07, 6.45) is 1.46. The Hall–Kier alpha value is -2.26. The largest absolute Gasteiger partial charge is 0.365 e. The summed E-state index contributed by atoms with van der Waals surface area (Å²) in [5, 5.41) is 3.70. The van der Waals surface area contributed by atoms with Crippen LogP contribution in [0.3, 0.4) is 0 Å². The lowest BCUT2D eigenvalue weighted by Crippen LogP contribution is -2.44. The lowest BCUT2D eigenvalue weighted by molar-refractivity contribution is 0.100. The first-order valence-electron chi connectivity index (χ1n) is 7.33. The number of nitrogens with zero attached hydrogens (tertiary/aromatic N) is 5. The molecule has 122 valence electrons. The van der Waals surface area contributed by atoms with Gasteiger partial charge < -0.3 is 20.9 Å². The number of thiazole rings is 1. The predicted octanol–water partition coefficient (Wildman–Crippen LogP) is 0.836. The zero-order chi connectivity index (χ0) is 16.4. The van der Waals surface area contributed by atoms with Crippen LogP contribution in [0.5, 0.6) is 0 Å².